The number of aliphatic hydroxyl groups is 3. The second-order valence-electron chi connectivity index (χ2n) is 7.56. The highest BCUT2D eigenvalue weighted by Crippen LogP contribution is 2.42. The molecule has 0 amide bonds. The van der Waals surface area contributed by atoms with Crippen LogP contribution in [0.15, 0.2) is 35.9 Å². The second-order valence-corrected chi connectivity index (χ2v) is 7.56. The Kier molecular flexibility index (Phi) is 6.33. The molecule has 1 aliphatic heterocycles. The molecular formula is C22H26O8. The third-order valence-electron chi connectivity index (χ3n) is 5.16. The molecule has 0 unspecified atom stereocenters. The van der Waals surface area contributed by atoms with E-state index in [2.05, 4.69) is 0 Å². The van der Waals surface area contributed by atoms with E-state index in [9.17, 15) is 25.2 Å². The number of hydrogen-bond acceptors (Lipinski definition) is 8. The van der Waals surface area contributed by atoms with Crippen molar-refractivity contribution in [3.8, 4) is 11.5 Å². The molecule has 1 fully saturated rings. The summed E-state index contributed by atoms with van der Waals surface area (Å²) in [6.45, 7) is 2.76. The van der Waals surface area contributed by atoms with E-state index < -0.39 is 30.6 Å². The fraction of sp³-hybridized carbons (Fsp3) is 0.409. The number of phenolic OH excluding ortho intramolecular Hbond substituents is 1. The molecular weight excluding hydrogens is 392 g/mol. The lowest BCUT2D eigenvalue weighted by atomic mass is 9.94. The first-order valence-electron chi connectivity index (χ1n) is 9.51. The summed E-state index contributed by atoms with van der Waals surface area (Å²) < 4.78 is 16.2. The number of benzene rings is 2. The molecule has 4 N–H and O–H groups in total. The number of ether oxygens (including phenoxy) is 3. The predicted molar refractivity (Wildman–Crippen MR) is 108 cm³/mol. The number of allylic oxidation sites excluding steroid dienone is 2. The molecule has 8 nitrogen and oxygen atoms in total. The van der Waals surface area contributed by atoms with E-state index in [0.29, 0.717) is 16.3 Å². The SMILES string of the molecule is COC(=O)c1c(CC=C(C)C)c(O[C@@H]2OC[C@](O)(CO)[C@H]2O)c2ccccc2c1O. The minimum atomic E-state index is -1.86. The molecule has 0 radical (unpaired) electrons. The minimum Gasteiger partial charge on any atom is -0.506 e. The summed E-state index contributed by atoms with van der Waals surface area (Å²) in [7, 11) is 1.22. The van der Waals surface area contributed by atoms with E-state index >= 15 is 0 Å². The predicted octanol–water partition coefficient (Wildman–Crippen LogP) is 1.66. The van der Waals surface area contributed by atoms with Crippen LogP contribution in [0.2, 0.25) is 0 Å². The number of carbonyl (C=O) groups excluding carboxylic acids is 1. The standard InChI is InChI=1S/C22H26O8/c1-12(2)8-9-15-16(20(26)28-3)17(24)13-6-4-5-7-14(13)18(15)30-21-19(25)22(27,10-23)11-29-21/h4-8,19,21,23-25,27H,9-11H2,1-3H3/t19-,21-,22+/m0/s1. The maximum atomic E-state index is 12.5. The van der Waals surface area contributed by atoms with Gasteiger partial charge < -0.3 is 34.6 Å². The Balaban J connectivity index is 2.22. The summed E-state index contributed by atoms with van der Waals surface area (Å²) >= 11 is 0. The zero-order valence-electron chi connectivity index (χ0n) is 17.1. The van der Waals surface area contributed by atoms with Crippen molar-refractivity contribution in [3.05, 3.63) is 47.0 Å². The van der Waals surface area contributed by atoms with Crippen LogP contribution < -0.4 is 4.74 Å². The Morgan fingerprint density at radius 3 is 2.53 bits per heavy atom. The number of esters is 1. The summed E-state index contributed by atoms with van der Waals surface area (Å²) in [5.74, 6) is -0.755. The van der Waals surface area contributed by atoms with Gasteiger partial charge in [-0.15, -0.1) is 0 Å². The van der Waals surface area contributed by atoms with Gasteiger partial charge in [0.2, 0.25) is 6.29 Å². The van der Waals surface area contributed by atoms with E-state index in [-0.39, 0.29) is 30.1 Å². The molecule has 162 valence electrons. The summed E-state index contributed by atoms with van der Waals surface area (Å²) in [6.07, 6.45) is -0.703. The average Bonchev–Trinajstić information content (AvgIpc) is 3.02. The molecule has 0 spiro atoms. The van der Waals surface area contributed by atoms with Gasteiger partial charge in [-0.1, -0.05) is 35.9 Å². The maximum Gasteiger partial charge on any atom is 0.342 e. The number of aromatic hydroxyl groups is 1. The van der Waals surface area contributed by atoms with Crippen LogP contribution in [0.1, 0.15) is 29.8 Å². The number of rotatable bonds is 6. The smallest absolute Gasteiger partial charge is 0.342 e. The van der Waals surface area contributed by atoms with E-state index in [4.69, 9.17) is 14.2 Å². The molecule has 30 heavy (non-hydrogen) atoms. The number of phenols is 1. The van der Waals surface area contributed by atoms with E-state index in [1.165, 1.54) is 7.11 Å². The third kappa shape index (κ3) is 3.87. The fourth-order valence-electron chi connectivity index (χ4n) is 3.41. The van der Waals surface area contributed by atoms with Crippen molar-refractivity contribution >= 4 is 16.7 Å². The van der Waals surface area contributed by atoms with Gasteiger partial charge in [-0.2, -0.15) is 0 Å². The summed E-state index contributed by atoms with van der Waals surface area (Å²) in [5.41, 5.74) is -0.567. The van der Waals surface area contributed by atoms with Crippen molar-refractivity contribution in [2.45, 2.75) is 38.3 Å². The van der Waals surface area contributed by atoms with Crippen molar-refractivity contribution in [1.29, 1.82) is 0 Å². The Hall–Kier alpha value is -2.65. The topological polar surface area (TPSA) is 126 Å². The lowest BCUT2D eigenvalue weighted by Gasteiger charge is -2.25. The number of hydrogen-bond donors (Lipinski definition) is 4. The summed E-state index contributed by atoms with van der Waals surface area (Å²) in [5, 5.41) is 41.8. The summed E-state index contributed by atoms with van der Waals surface area (Å²) in [6, 6.07) is 6.78. The zero-order chi connectivity index (χ0) is 22.1. The first-order chi connectivity index (χ1) is 14.2. The van der Waals surface area contributed by atoms with Crippen LogP contribution in [0, 0.1) is 0 Å². The Morgan fingerprint density at radius 2 is 1.97 bits per heavy atom. The molecule has 8 heteroatoms. The number of carbonyl (C=O) groups is 1. The molecule has 2 aromatic carbocycles. The number of fused-ring (bicyclic) bond motifs is 1. The highest BCUT2D eigenvalue weighted by Gasteiger charge is 2.49. The van der Waals surface area contributed by atoms with Gasteiger partial charge in [0.1, 0.15) is 28.8 Å². The Morgan fingerprint density at radius 1 is 1.30 bits per heavy atom. The van der Waals surface area contributed by atoms with Crippen molar-refractivity contribution < 1.29 is 39.4 Å². The van der Waals surface area contributed by atoms with Gasteiger partial charge in [0, 0.05) is 16.3 Å². The van der Waals surface area contributed by atoms with Crippen LogP contribution in [-0.4, -0.2) is 64.7 Å². The molecule has 2 aromatic rings. The van der Waals surface area contributed by atoms with Gasteiger partial charge in [0.25, 0.3) is 0 Å². The lowest BCUT2D eigenvalue weighted by Crippen LogP contribution is -2.48. The van der Waals surface area contributed by atoms with Gasteiger partial charge in [-0.3, -0.25) is 0 Å². The zero-order valence-corrected chi connectivity index (χ0v) is 17.1. The molecule has 1 aliphatic rings. The first kappa shape index (κ1) is 22.0. The van der Waals surface area contributed by atoms with Crippen molar-refractivity contribution in [1.82, 2.24) is 0 Å². The highest BCUT2D eigenvalue weighted by molar-refractivity contribution is 6.05. The lowest BCUT2D eigenvalue weighted by molar-refractivity contribution is -0.115. The third-order valence-corrected chi connectivity index (χ3v) is 5.16. The van der Waals surface area contributed by atoms with Crippen molar-refractivity contribution in [2.75, 3.05) is 20.3 Å². The molecule has 0 bridgehead atoms. The van der Waals surface area contributed by atoms with Crippen LogP contribution in [0.5, 0.6) is 11.5 Å². The van der Waals surface area contributed by atoms with Crippen LogP contribution in [-0.2, 0) is 15.9 Å². The highest BCUT2D eigenvalue weighted by atomic mass is 16.7. The molecule has 0 aliphatic carbocycles. The van der Waals surface area contributed by atoms with Gasteiger partial charge in [-0.25, -0.2) is 4.79 Å². The Bertz CT molecular complexity index is 979. The quantitative estimate of drug-likeness (QED) is 0.412. The first-order valence-corrected chi connectivity index (χ1v) is 9.51. The molecule has 1 saturated heterocycles. The van der Waals surface area contributed by atoms with E-state index in [1.807, 2.05) is 19.9 Å². The number of aliphatic hydroxyl groups excluding tert-OH is 2. The normalized spacial score (nSPS) is 23.4. The molecule has 3 rings (SSSR count). The van der Waals surface area contributed by atoms with Gasteiger partial charge in [0.15, 0.2) is 0 Å². The summed E-state index contributed by atoms with van der Waals surface area (Å²) in [4.78, 5) is 12.5. The number of methoxy groups -OCH3 is 1. The average molecular weight is 418 g/mol. The van der Waals surface area contributed by atoms with Crippen LogP contribution in [0.4, 0.5) is 0 Å². The van der Waals surface area contributed by atoms with E-state index in [0.717, 1.165) is 5.57 Å². The van der Waals surface area contributed by atoms with Crippen LogP contribution in [0.3, 0.4) is 0 Å². The Labute approximate surface area is 173 Å². The van der Waals surface area contributed by atoms with Crippen LogP contribution in [0.25, 0.3) is 10.8 Å². The van der Waals surface area contributed by atoms with Crippen molar-refractivity contribution in [2.24, 2.45) is 0 Å². The van der Waals surface area contributed by atoms with Gasteiger partial charge in [-0.05, 0) is 20.3 Å². The van der Waals surface area contributed by atoms with Crippen molar-refractivity contribution in [3.63, 3.8) is 0 Å². The largest absolute Gasteiger partial charge is 0.506 e. The van der Waals surface area contributed by atoms with Gasteiger partial charge in [0.05, 0.1) is 20.3 Å². The fourth-order valence-corrected chi connectivity index (χ4v) is 3.41. The maximum absolute atomic E-state index is 12.5. The molecule has 1 heterocycles. The van der Waals surface area contributed by atoms with E-state index in [1.54, 1.807) is 24.3 Å². The molecule has 3 atom stereocenters. The monoisotopic (exact) mass is 418 g/mol. The molecule has 0 aromatic heterocycles. The molecule has 0 saturated carbocycles. The van der Waals surface area contributed by atoms with Crippen LogP contribution >= 0.6 is 0 Å². The second kappa shape index (κ2) is 8.61. The van der Waals surface area contributed by atoms with Gasteiger partial charge >= 0.3 is 5.97 Å². The minimum absolute atomic E-state index is 0.0476.